The molecule has 0 saturated carbocycles. The predicted molar refractivity (Wildman–Crippen MR) is 79.8 cm³/mol. The van der Waals surface area contributed by atoms with E-state index >= 15 is 0 Å². The van der Waals surface area contributed by atoms with Gasteiger partial charge in [0.05, 0.1) is 11.5 Å². The fraction of sp³-hybridized carbons (Fsp3) is 0.533. The number of hydrogen-bond acceptors (Lipinski definition) is 4. The van der Waals surface area contributed by atoms with Gasteiger partial charge in [-0.3, -0.25) is 9.69 Å². The Labute approximate surface area is 120 Å². The van der Waals surface area contributed by atoms with Crippen LogP contribution in [0.5, 0.6) is 0 Å². The molecule has 0 spiro atoms. The molecule has 0 aliphatic carbocycles. The average molecular weight is 295 g/mol. The van der Waals surface area contributed by atoms with E-state index in [-0.39, 0.29) is 23.3 Å². The Hall–Kier alpha value is -1.20. The van der Waals surface area contributed by atoms with Gasteiger partial charge in [0.25, 0.3) is 0 Å². The molecule has 1 unspecified atom stereocenters. The molecule has 1 fully saturated rings. The third-order valence-corrected chi connectivity index (χ3v) is 5.57. The SMILES string of the molecule is Cc1cccc(C(=O)CCN2CCS(=O)(=O)CC2C)c1. The minimum absolute atomic E-state index is 0.000871. The van der Waals surface area contributed by atoms with Crippen molar-refractivity contribution >= 4 is 15.6 Å². The molecule has 0 amide bonds. The number of ketones is 1. The molecular weight excluding hydrogens is 274 g/mol. The van der Waals surface area contributed by atoms with Gasteiger partial charge in [-0.15, -0.1) is 0 Å². The number of Topliss-reactive ketones (excluding diaryl/α,β-unsaturated/α-hetero) is 1. The molecule has 110 valence electrons. The van der Waals surface area contributed by atoms with Crippen molar-refractivity contribution in [3.8, 4) is 0 Å². The normalized spacial score (nSPS) is 22.6. The Morgan fingerprint density at radius 2 is 2.15 bits per heavy atom. The van der Waals surface area contributed by atoms with Crippen LogP contribution in [0.1, 0.15) is 29.3 Å². The number of benzene rings is 1. The van der Waals surface area contributed by atoms with E-state index in [1.54, 1.807) is 0 Å². The van der Waals surface area contributed by atoms with Crippen LogP contribution in [0.3, 0.4) is 0 Å². The number of hydrogen-bond donors (Lipinski definition) is 0. The summed E-state index contributed by atoms with van der Waals surface area (Å²) in [6.07, 6.45) is 0.438. The third kappa shape index (κ3) is 3.90. The fourth-order valence-electron chi connectivity index (χ4n) is 2.57. The van der Waals surface area contributed by atoms with Gasteiger partial charge in [-0.1, -0.05) is 23.8 Å². The Balaban J connectivity index is 1.91. The number of carbonyl (C=O) groups excluding carboxylic acids is 1. The van der Waals surface area contributed by atoms with Gasteiger partial charge in [0.1, 0.15) is 0 Å². The maximum absolute atomic E-state index is 12.1. The van der Waals surface area contributed by atoms with Gasteiger partial charge < -0.3 is 0 Å². The van der Waals surface area contributed by atoms with E-state index in [2.05, 4.69) is 4.90 Å². The van der Waals surface area contributed by atoms with E-state index in [1.165, 1.54) is 0 Å². The van der Waals surface area contributed by atoms with Crippen LogP contribution in [0, 0.1) is 6.92 Å². The highest BCUT2D eigenvalue weighted by Crippen LogP contribution is 2.13. The van der Waals surface area contributed by atoms with Gasteiger partial charge in [-0.25, -0.2) is 8.42 Å². The molecule has 1 aromatic rings. The quantitative estimate of drug-likeness (QED) is 0.793. The zero-order valence-electron chi connectivity index (χ0n) is 12.0. The molecule has 1 aliphatic heterocycles. The molecular formula is C15H21NO3S. The molecule has 1 saturated heterocycles. The van der Waals surface area contributed by atoms with Crippen LogP contribution in [0.2, 0.25) is 0 Å². The molecule has 1 heterocycles. The molecule has 0 N–H and O–H groups in total. The van der Waals surface area contributed by atoms with E-state index in [4.69, 9.17) is 0 Å². The summed E-state index contributed by atoms with van der Waals surface area (Å²) >= 11 is 0. The lowest BCUT2D eigenvalue weighted by Crippen LogP contribution is -2.47. The Kier molecular flexibility index (Phi) is 4.60. The van der Waals surface area contributed by atoms with Crippen molar-refractivity contribution in [2.24, 2.45) is 0 Å². The van der Waals surface area contributed by atoms with Crippen molar-refractivity contribution in [2.45, 2.75) is 26.3 Å². The van der Waals surface area contributed by atoms with Crippen molar-refractivity contribution in [3.05, 3.63) is 35.4 Å². The van der Waals surface area contributed by atoms with Crippen LogP contribution < -0.4 is 0 Å². The Morgan fingerprint density at radius 3 is 2.80 bits per heavy atom. The summed E-state index contributed by atoms with van der Waals surface area (Å²) in [7, 11) is -2.89. The van der Waals surface area contributed by atoms with Crippen molar-refractivity contribution in [3.63, 3.8) is 0 Å². The summed E-state index contributed by atoms with van der Waals surface area (Å²) in [6.45, 7) is 5.04. The van der Waals surface area contributed by atoms with Crippen LogP contribution in [-0.2, 0) is 9.84 Å². The minimum atomic E-state index is -2.89. The molecule has 2 rings (SSSR count). The van der Waals surface area contributed by atoms with Crippen LogP contribution in [-0.4, -0.2) is 49.7 Å². The average Bonchev–Trinajstić information content (AvgIpc) is 2.36. The first-order valence-electron chi connectivity index (χ1n) is 6.92. The lowest BCUT2D eigenvalue weighted by atomic mass is 10.1. The maximum atomic E-state index is 12.1. The molecule has 1 aliphatic rings. The van der Waals surface area contributed by atoms with Crippen LogP contribution in [0.25, 0.3) is 0 Å². The van der Waals surface area contributed by atoms with Gasteiger partial charge in [-0.05, 0) is 19.9 Å². The highest BCUT2D eigenvalue weighted by Gasteiger charge is 2.28. The number of sulfone groups is 1. The van der Waals surface area contributed by atoms with Gasteiger partial charge >= 0.3 is 0 Å². The van der Waals surface area contributed by atoms with Crippen molar-refractivity contribution < 1.29 is 13.2 Å². The predicted octanol–water partition coefficient (Wildman–Crippen LogP) is 1.69. The van der Waals surface area contributed by atoms with E-state index in [0.717, 1.165) is 11.1 Å². The first-order valence-corrected chi connectivity index (χ1v) is 8.74. The highest BCUT2D eigenvalue weighted by molar-refractivity contribution is 7.91. The molecule has 1 aromatic carbocycles. The summed E-state index contributed by atoms with van der Waals surface area (Å²) in [5.74, 6) is 0.524. The number of carbonyl (C=O) groups is 1. The first-order chi connectivity index (χ1) is 9.37. The van der Waals surface area contributed by atoms with Crippen LogP contribution in [0.4, 0.5) is 0 Å². The molecule has 0 bridgehead atoms. The topological polar surface area (TPSA) is 54.5 Å². The molecule has 0 aromatic heterocycles. The third-order valence-electron chi connectivity index (χ3n) is 3.77. The van der Waals surface area contributed by atoms with Gasteiger partial charge in [0, 0.05) is 31.1 Å². The monoisotopic (exact) mass is 295 g/mol. The van der Waals surface area contributed by atoms with Gasteiger partial charge in [-0.2, -0.15) is 0 Å². The summed E-state index contributed by atoms with van der Waals surface area (Å²) in [5.41, 5.74) is 1.82. The van der Waals surface area contributed by atoms with Crippen molar-refractivity contribution in [2.75, 3.05) is 24.6 Å². The highest BCUT2D eigenvalue weighted by atomic mass is 32.2. The number of nitrogens with zero attached hydrogens (tertiary/aromatic N) is 1. The number of aryl methyl sites for hydroxylation is 1. The molecule has 0 radical (unpaired) electrons. The van der Waals surface area contributed by atoms with E-state index in [0.29, 0.717) is 19.5 Å². The zero-order chi connectivity index (χ0) is 14.8. The summed E-state index contributed by atoms with van der Waals surface area (Å²) in [5, 5.41) is 0. The van der Waals surface area contributed by atoms with Gasteiger partial charge in [0.2, 0.25) is 0 Å². The minimum Gasteiger partial charge on any atom is -0.298 e. The molecule has 1 atom stereocenters. The zero-order valence-corrected chi connectivity index (χ0v) is 12.8. The molecule has 20 heavy (non-hydrogen) atoms. The lowest BCUT2D eigenvalue weighted by Gasteiger charge is -2.32. The molecule has 4 nitrogen and oxygen atoms in total. The second kappa shape index (κ2) is 6.06. The Morgan fingerprint density at radius 1 is 1.40 bits per heavy atom. The molecule has 5 heteroatoms. The largest absolute Gasteiger partial charge is 0.298 e. The van der Waals surface area contributed by atoms with E-state index in [1.807, 2.05) is 38.1 Å². The smallest absolute Gasteiger partial charge is 0.164 e. The second-order valence-electron chi connectivity index (χ2n) is 5.54. The first kappa shape index (κ1) is 15.2. The van der Waals surface area contributed by atoms with Crippen molar-refractivity contribution in [1.29, 1.82) is 0 Å². The summed E-state index contributed by atoms with van der Waals surface area (Å²) < 4.78 is 23.0. The van der Waals surface area contributed by atoms with Crippen molar-refractivity contribution in [1.82, 2.24) is 4.90 Å². The Bertz CT molecular complexity index is 595. The second-order valence-corrected chi connectivity index (χ2v) is 7.77. The van der Waals surface area contributed by atoms with Crippen LogP contribution in [0.15, 0.2) is 24.3 Å². The van der Waals surface area contributed by atoms with Gasteiger partial charge in [0.15, 0.2) is 15.6 Å². The standard InChI is InChI=1S/C15H21NO3S/c1-12-4-3-5-14(10-12)15(17)6-7-16-8-9-20(18,19)11-13(16)2/h3-5,10,13H,6-9,11H2,1-2H3. The van der Waals surface area contributed by atoms with Crippen LogP contribution >= 0.6 is 0 Å². The fourth-order valence-corrected chi connectivity index (χ4v) is 4.20. The number of rotatable bonds is 4. The summed E-state index contributed by atoms with van der Waals surface area (Å²) in [4.78, 5) is 14.2. The lowest BCUT2D eigenvalue weighted by molar-refractivity contribution is 0.0957. The van der Waals surface area contributed by atoms with E-state index in [9.17, 15) is 13.2 Å². The maximum Gasteiger partial charge on any atom is 0.164 e. The summed E-state index contributed by atoms with van der Waals surface area (Å²) in [6, 6.07) is 7.58. The van der Waals surface area contributed by atoms with E-state index < -0.39 is 9.84 Å².